The van der Waals surface area contributed by atoms with Gasteiger partial charge in [0.1, 0.15) is 0 Å². The molecule has 1 aromatic heterocycles. The summed E-state index contributed by atoms with van der Waals surface area (Å²) in [5.41, 5.74) is 8.23. The van der Waals surface area contributed by atoms with Crippen LogP contribution in [0.2, 0.25) is 0 Å². The van der Waals surface area contributed by atoms with Crippen molar-refractivity contribution in [2.24, 2.45) is 12.8 Å². The molecule has 0 saturated carbocycles. The van der Waals surface area contributed by atoms with Crippen molar-refractivity contribution in [1.82, 2.24) is 9.55 Å². The Morgan fingerprint density at radius 3 is 3.00 bits per heavy atom. The van der Waals surface area contributed by atoms with E-state index < -0.39 is 0 Å². The molecule has 0 aliphatic heterocycles. The third-order valence-corrected chi connectivity index (χ3v) is 3.07. The van der Waals surface area contributed by atoms with Crippen molar-refractivity contribution in [3.8, 4) is 0 Å². The van der Waals surface area contributed by atoms with Crippen LogP contribution in [0.4, 0.5) is 5.69 Å². The Balaban J connectivity index is 2.22. The number of amides is 1. The van der Waals surface area contributed by atoms with Gasteiger partial charge in [-0.05, 0) is 31.2 Å². The molecule has 1 heterocycles. The molecule has 0 spiro atoms. The third-order valence-electron chi connectivity index (χ3n) is 3.07. The minimum Gasteiger partial charge on any atom is -0.334 e. The van der Waals surface area contributed by atoms with Gasteiger partial charge in [-0.2, -0.15) is 0 Å². The van der Waals surface area contributed by atoms with Gasteiger partial charge in [0.25, 0.3) is 0 Å². The molecular formula is C13H18N4O. The maximum absolute atomic E-state index is 11.9. The van der Waals surface area contributed by atoms with E-state index in [1.54, 1.807) is 18.3 Å². The predicted octanol–water partition coefficient (Wildman–Crippen LogP) is 1.27. The lowest BCUT2D eigenvalue weighted by Crippen LogP contribution is -2.26. The van der Waals surface area contributed by atoms with Gasteiger partial charge in [0.2, 0.25) is 5.91 Å². The Morgan fingerprint density at radius 1 is 1.50 bits per heavy atom. The van der Waals surface area contributed by atoms with Crippen molar-refractivity contribution in [2.45, 2.75) is 12.8 Å². The second-order valence-electron chi connectivity index (χ2n) is 4.37. The summed E-state index contributed by atoms with van der Waals surface area (Å²) in [6.07, 6.45) is 2.97. The van der Waals surface area contributed by atoms with Crippen molar-refractivity contribution < 1.29 is 4.79 Å². The summed E-state index contributed by atoms with van der Waals surface area (Å²) in [6, 6.07) is 5.84. The lowest BCUT2D eigenvalue weighted by molar-refractivity contribution is -0.118. The molecule has 1 aromatic carbocycles. The number of carbonyl (C=O) groups is 1. The first-order valence-corrected chi connectivity index (χ1v) is 6.01. The summed E-state index contributed by atoms with van der Waals surface area (Å²) < 4.78 is 1.95. The molecule has 0 bridgehead atoms. The lowest BCUT2D eigenvalue weighted by atomic mass is 10.2. The van der Waals surface area contributed by atoms with Crippen LogP contribution in [0.1, 0.15) is 12.8 Å². The maximum Gasteiger partial charge on any atom is 0.226 e. The average molecular weight is 246 g/mol. The molecule has 96 valence electrons. The van der Waals surface area contributed by atoms with Gasteiger partial charge in [-0.15, -0.1) is 0 Å². The minimum absolute atomic E-state index is 0.0794. The zero-order chi connectivity index (χ0) is 13.1. The van der Waals surface area contributed by atoms with Crippen LogP contribution >= 0.6 is 0 Å². The highest BCUT2D eigenvalue weighted by Crippen LogP contribution is 2.20. The van der Waals surface area contributed by atoms with Crippen molar-refractivity contribution in [2.75, 3.05) is 18.5 Å². The molecule has 2 N–H and O–H groups in total. The van der Waals surface area contributed by atoms with Gasteiger partial charge in [0, 0.05) is 26.2 Å². The Kier molecular flexibility index (Phi) is 3.62. The molecule has 0 atom stereocenters. The first-order valence-electron chi connectivity index (χ1n) is 6.01. The van der Waals surface area contributed by atoms with Crippen LogP contribution in [0.25, 0.3) is 11.0 Å². The Morgan fingerprint density at radius 2 is 2.28 bits per heavy atom. The van der Waals surface area contributed by atoms with Crippen molar-refractivity contribution in [1.29, 1.82) is 0 Å². The van der Waals surface area contributed by atoms with Crippen LogP contribution in [0.15, 0.2) is 24.5 Å². The number of hydrogen-bond donors (Lipinski definition) is 1. The van der Waals surface area contributed by atoms with Gasteiger partial charge in [-0.3, -0.25) is 4.79 Å². The molecule has 2 aromatic rings. The number of rotatable bonds is 4. The Bertz CT molecular complexity index is 561. The SMILES string of the molecule is CN(C(=O)CCCN)c1ccc2c(c1)ncn2C. The average Bonchev–Trinajstić information content (AvgIpc) is 2.76. The smallest absolute Gasteiger partial charge is 0.226 e. The largest absolute Gasteiger partial charge is 0.334 e. The lowest BCUT2D eigenvalue weighted by Gasteiger charge is -2.17. The van der Waals surface area contributed by atoms with E-state index in [9.17, 15) is 4.79 Å². The molecule has 0 aliphatic carbocycles. The van der Waals surface area contributed by atoms with Crippen LogP contribution in [0.5, 0.6) is 0 Å². The fourth-order valence-corrected chi connectivity index (χ4v) is 1.90. The monoisotopic (exact) mass is 246 g/mol. The van der Waals surface area contributed by atoms with Gasteiger partial charge in [-0.1, -0.05) is 0 Å². The number of imidazole rings is 1. The van der Waals surface area contributed by atoms with E-state index in [-0.39, 0.29) is 5.91 Å². The number of benzene rings is 1. The first kappa shape index (κ1) is 12.6. The normalized spacial score (nSPS) is 10.8. The molecular weight excluding hydrogens is 228 g/mol. The van der Waals surface area contributed by atoms with Crippen molar-refractivity contribution in [3.63, 3.8) is 0 Å². The molecule has 18 heavy (non-hydrogen) atoms. The van der Waals surface area contributed by atoms with E-state index in [4.69, 9.17) is 5.73 Å². The molecule has 0 saturated heterocycles. The summed E-state index contributed by atoms with van der Waals surface area (Å²) >= 11 is 0. The highest BCUT2D eigenvalue weighted by molar-refractivity contribution is 5.94. The molecule has 5 nitrogen and oxygen atoms in total. The number of nitrogens with two attached hydrogens (primary N) is 1. The highest BCUT2D eigenvalue weighted by atomic mass is 16.2. The topological polar surface area (TPSA) is 64.2 Å². The number of nitrogens with zero attached hydrogens (tertiary/aromatic N) is 3. The zero-order valence-electron chi connectivity index (χ0n) is 10.8. The van der Waals surface area contributed by atoms with Crippen LogP contribution in [0, 0.1) is 0 Å². The number of carbonyl (C=O) groups excluding carboxylic acids is 1. The molecule has 0 fully saturated rings. The van der Waals surface area contributed by atoms with E-state index in [0.29, 0.717) is 13.0 Å². The first-order chi connectivity index (χ1) is 8.63. The van der Waals surface area contributed by atoms with Crippen LogP contribution in [0.3, 0.4) is 0 Å². The predicted molar refractivity (Wildman–Crippen MR) is 72.4 cm³/mol. The third kappa shape index (κ3) is 2.36. The second-order valence-corrected chi connectivity index (χ2v) is 4.37. The quantitative estimate of drug-likeness (QED) is 0.883. The van der Waals surface area contributed by atoms with E-state index >= 15 is 0 Å². The Hall–Kier alpha value is -1.88. The van der Waals surface area contributed by atoms with E-state index in [2.05, 4.69) is 4.98 Å². The maximum atomic E-state index is 11.9. The number of aryl methyl sites for hydroxylation is 1. The number of anilines is 1. The molecule has 0 aliphatic rings. The van der Waals surface area contributed by atoms with Crippen molar-refractivity contribution in [3.05, 3.63) is 24.5 Å². The fourth-order valence-electron chi connectivity index (χ4n) is 1.90. The standard InChI is InChI=1S/C13H18N4O/c1-16-9-15-11-8-10(5-6-12(11)16)17(2)13(18)4-3-7-14/h5-6,8-9H,3-4,7,14H2,1-2H3. The van der Waals surface area contributed by atoms with Crippen LogP contribution in [-0.4, -0.2) is 29.1 Å². The number of fused-ring (bicyclic) bond motifs is 1. The zero-order valence-corrected chi connectivity index (χ0v) is 10.8. The highest BCUT2D eigenvalue weighted by Gasteiger charge is 2.11. The summed E-state index contributed by atoms with van der Waals surface area (Å²) in [5, 5.41) is 0. The van der Waals surface area contributed by atoms with Crippen molar-refractivity contribution >= 4 is 22.6 Å². The van der Waals surface area contributed by atoms with Crippen LogP contribution in [-0.2, 0) is 11.8 Å². The van der Waals surface area contributed by atoms with E-state index in [1.165, 1.54) is 0 Å². The van der Waals surface area contributed by atoms with E-state index in [0.717, 1.165) is 23.1 Å². The second kappa shape index (κ2) is 5.18. The van der Waals surface area contributed by atoms with Gasteiger partial charge in [0.15, 0.2) is 0 Å². The van der Waals surface area contributed by atoms with Gasteiger partial charge >= 0.3 is 0 Å². The molecule has 2 rings (SSSR count). The van der Waals surface area contributed by atoms with Gasteiger partial charge < -0.3 is 15.2 Å². The van der Waals surface area contributed by atoms with Crippen LogP contribution < -0.4 is 10.6 Å². The summed E-state index contributed by atoms with van der Waals surface area (Å²) in [7, 11) is 3.73. The summed E-state index contributed by atoms with van der Waals surface area (Å²) in [6.45, 7) is 0.541. The number of aromatic nitrogens is 2. The number of hydrogen-bond acceptors (Lipinski definition) is 3. The van der Waals surface area contributed by atoms with E-state index in [1.807, 2.05) is 29.8 Å². The molecule has 5 heteroatoms. The Labute approximate surface area is 106 Å². The van der Waals surface area contributed by atoms with Gasteiger partial charge in [-0.25, -0.2) is 4.98 Å². The molecule has 1 amide bonds. The molecule has 0 radical (unpaired) electrons. The van der Waals surface area contributed by atoms with Gasteiger partial charge in [0.05, 0.1) is 17.4 Å². The minimum atomic E-state index is 0.0794. The summed E-state index contributed by atoms with van der Waals surface area (Å²) in [5.74, 6) is 0.0794. The molecule has 0 unspecified atom stereocenters. The summed E-state index contributed by atoms with van der Waals surface area (Å²) in [4.78, 5) is 17.8. The fraction of sp³-hybridized carbons (Fsp3) is 0.385.